The molecule has 2 aromatic rings. The minimum absolute atomic E-state index is 0.140. The highest BCUT2D eigenvalue weighted by molar-refractivity contribution is 9.10. The third-order valence-electron chi connectivity index (χ3n) is 3.20. The van der Waals surface area contributed by atoms with E-state index in [9.17, 15) is 0 Å². The number of benzene rings is 2. The topological polar surface area (TPSA) is 30.5 Å². The van der Waals surface area contributed by atoms with Gasteiger partial charge in [-0.1, -0.05) is 39.7 Å². The molecule has 0 fully saturated rings. The molecule has 1 aliphatic heterocycles. The summed E-state index contributed by atoms with van der Waals surface area (Å²) in [4.78, 5) is 0. The fourth-order valence-corrected chi connectivity index (χ4v) is 2.57. The Labute approximate surface area is 131 Å². The first kappa shape index (κ1) is 13.6. The van der Waals surface area contributed by atoms with Gasteiger partial charge in [-0.25, -0.2) is 0 Å². The molecule has 2 aromatic carbocycles. The van der Waals surface area contributed by atoms with Crippen LogP contribution in [-0.2, 0) is 0 Å². The van der Waals surface area contributed by atoms with Crippen LogP contribution < -0.4 is 14.8 Å². The van der Waals surface area contributed by atoms with E-state index in [1.807, 2.05) is 18.2 Å². The van der Waals surface area contributed by atoms with Crippen molar-refractivity contribution in [2.24, 2.45) is 0 Å². The van der Waals surface area contributed by atoms with Gasteiger partial charge in [0.05, 0.1) is 10.7 Å². The van der Waals surface area contributed by atoms with Gasteiger partial charge in [-0.15, -0.1) is 0 Å². The second-order valence-electron chi connectivity index (χ2n) is 4.60. The second kappa shape index (κ2) is 5.54. The summed E-state index contributed by atoms with van der Waals surface area (Å²) in [5.74, 6) is 1.41. The van der Waals surface area contributed by atoms with E-state index in [0.29, 0.717) is 10.8 Å². The van der Waals surface area contributed by atoms with Crippen LogP contribution in [-0.4, -0.2) is 6.79 Å². The van der Waals surface area contributed by atoms with E-state index < -0.39 is 0 Å². The van der Waals surface area contributed by atoms with Crippen molar-refractivity contribution in [2.75, 3.05) is 12.1 Å². The van der Waals surface area contributed by atoms with Crippen LogP contribution in [0.15, 0.2) is 40.9 Å². The van der Waals surface area contributed by atoms with Gasteiger partial charge in [-0.05, 0) is 24.6 Å². The van der Waals surface area contributed by atoms with E-state index in [1.54, 1.807) is 6.07 Å². The summed E-state index contributed by atoms with van der Waals surface area (Å²) in [6, 6.07) is 12.0. The van der Waals surface area contributed by atoms with Crippen molar-refractivity contribution in [1.29, 1.82) is 0 Å². The van der Waals surface area contributed by atoms with E-state index in [4.69, 9.17) is 21.1 Å². The molecular weight excluding hydrogens is 342 g/mol. The molecule has 0 radical (unpaired) electrons. The Hall–Kier alpha value is -1.39. The molecular formula is C15H13BrClNO2. The molecule has 1 heterocycles. The molecule has 1 N–H and O–H groups in total. The summed E-state index contributed by atoms with van der Waals surface area (Å²) in [7, 11) is 0. The molecule has 1 unspecified atom stereocenters. The first-order valence-electron chi connectivity index (χ1n) is 6.24. The molecule has 1 atom stereocenters. The SMILES string of the molecule is CC(Nc1cc2c(cc1Cl)OCO2)c1ccc(Br)cc1. The van der Waals surface area contributed by atoms with Gasteiger partial charge >= 0.3 is 0 Å². The van der Waals surface area contributed by atoms with E-state index in [1.165, 1.54) is 5.56 Å². The minimum Gasteiger partial charge on any atom is -0.454 e. The summed E-state index contributed by atoms with van der Waals surface area (Å²) < 4.78 is 11.7. The van der Waals surface area contributed by atoms with Gasteiger partial charge in [0.15, 0.2) is 11.5 Å². The maximum atomic E-state index is 6.26. The van der Waals surface area contributed by atoms with Crippen LogP contribution >= 0.6 is 27.5 Å². The lowest BCUT2D eigenvalue weighted by Gasteiger charge is -2.17. The van der Waals surface area contributed by atoms with Crippen molar-refractivity contribution in [2.45, 2.75) is 13.0 Å². The van der Waals surface area contributed by atoms with Gasteiger partial charge in [0.25, 0.3) is 0 Å². The van der Waals surface area contributed by atoms with Crippen LogP contribution in [0.3, 0.4) is 0 Å². The molecule has 5 heteroatoms. The molecule has 0 aliphatic carbocycles. The Morgan fingerprint density at radius 1 is 1.15 bits per heavy atom. The van der Waals surface area contributed by atoms with Gasteiger partial charge < -0.3 is 14.8 Å². The van der Waals surface area contributed by atoms with Crippen molar-refractivity contribution in [3.63, 3.8) is 0 Å². The van der Waals surface area contributed by atoms with Crippen molar-refractivity contribution in [1.82, 2.24) is 0 Å². The predicted molar refractivity (Wildman–Crippen MR) is 83.8 cm³/mol. The molecule has 0 bridgehead atoms. The highest BCUT2D eigenvalue weighted by Gasteiger charge is 2.17. The first-order chi connectivity index (χ1) is 9.63. The second-order valence-corrected chi connectivity index (χ2v) is 5.93. The smallest absolute Gasteiger partial charge is 0.231 e. The number of rotatable bonds is 3. The van der Waals surface area contributed by atoms with Gasteiger partial charge in [-0.3, -0.25) is 0 Å². The molecule has 20 heavy (non-hydrogen) atoms. The third kappa shape index (κ3) is 2.72. The summed E-state index contributed by atoms with van der Waals surface area (Å²) in [5, 5.41) is 4.02. The van der Waals surface area contributed by atoms with Crippen LogP contribution in [0, 0.1) is 0 Å². The largest absolute Gasteiger partial charge is 0.454 e. The predicted octanol–water partition coefficient (Wildman–Crippen LogP) is 5.00. The van der Waals surface area contributed by atoms with Crippen molar-refractivity contribution in [3.05, 3.63) is 51.5 Å². The number of hydrogen-bond acceptors (Lipinski definition) is 3. The lowest BCUT2D eigenvalue weighted by atomic mass is 10.1. The van der Waals surface area contributed by atoms with Crippen molar-refractivity contribution >= 4 is 33.2 Å². The Balaban J connectivity index is 1.82. The zero-order valence-corrected chi connectivity index (χ0v) is 13.2. The van der Waals surface area contributed by atoms with E-state index in [2.05, 4.69) is 40.3 Å². The third-order valence-corrected chi connectivity index (χ3v) is 4.05. The van der Waals surface area contributed by atoms with E-state index >= 15 is 0 Å². The fraction of sp³-hybridized carbons (Fsp3) is 0.200. The lowest BCUT2D eigenvalue weighted by Crippen LogP contribution is -2.06. The molecule has 0 aromatic heterocycles. The number of halogens is 2. The Morgan fingerprint density at radius 2 is 1.80 bits per heavy atom. The molecule has 3 rings (SSSR count). The summed E-state index contributed by atoms with van der Waals surface area (Å²) >= 11 is 9.69. The molecule has 0 saturated carbocycles. The van der Waals surface area contributed by atoms with Crippen molar-refractivity contribution in [3.8, 4) is 11.5 Å². The monoisotopic (exact) mass is 353 g/mol. The number of anilines is 1. The molecule has 104 valence electrons. The zero-order valence-electron chi connectivity index (χ0n) is 10.8. The Kier molecular flexibility index (Phi) is 3.76. The highest BCUT2D eigenvalue weighted by atomic mass is 79.9. The number of nitrogens with one attached hydrogen (secondary N) is 1. The molecule has 0 amide bonds. The minimum atomic E-state index is 0.140. The number of fused-ring (bicyclic) bond motifs is 1. The standard InChI is InChI=1S/C15H13BrClNO2/c1-9(10-2-4-11(16)5-3-10)18-13-7-15-14(6-12(13)17)19-8-20-15/h2-7,9,18H,8H2,1H3. The molecule has 0 saturated heterocycles. The van der Waals surface area contributed by atoms with Crippen LogP contribution in [0.4, 0.5) is 5.69 Å². The number of ether oxygens (including phenoxy) is 2. The highest BCUT2D eigenvalue weighted by Crippen LogP contribution is 2.40. The average Bonchev–Trinajstić information content (AvgIpc) is 2.87. The Bertz CT molecular complexity index is 631. The maximum absolute atomic E-state index is 6.26. The number of hydrogen-bond donors (Lipinski definition) is 1. The average molecular weight is 355 g/mol. The summed E-state index contributed by atoms with van der Waals surface area (Å²) in [6.45, 7) is 2.33. The van der Waals surface area contributed by atoms with Crippen LogP contribution in [0.2, 0.25) is 5.02 Å². The van der Waals surface area contributed by atoms with E-state index in [0.717, 1.165) is 15.9 Å². The summed E-state index contributed by atoms with van der Waals surface area (Å²) in [6.07, 6.45) is 0. The van der Waals surface area contributed by atoms with Gasteiger partial charge in [0.1, 0.15) is 0 Å². The maximum Gasteiger partial charge on any atom is 0.231 e. The normalized spacial score (nSPS) is 14.2. The first-order valence-corrected chi connectivity index (χ1v) is 7.42. The van der Waals surface area contributed by atoms with E-state index in [-0.39, 0.29) is 12.8 Å². The molecule has 1 aliphatic rings. The zero-order chi connectivity index (χ0) is 14.1. The van der Waals surface area contributed by atoms with Crippen LogP contribution in [0.1, 0.15) is 18.5 Å². The van der Waals surface area contributed by atoms with Crippen LogP contribution in [0.5, 0.6) is 11.5 Å². The van der Waals surface area contributed by atoms with Crippen molar-refractivity contribution < 1.29 is 9.47 Å². The van der Waals surface area contributed by atoms with Crippen LogP contribution in [0.25, 0.3) is 0 Å². The summed E-state index contributed by atoms with van der Waals surface area (Å²) in [5.41, 5.74) is 2.02. The quantitative estimate of drug-likeness (QED) is 0.841. The molecule has 0 spiro atoms. The fourth-order valence-electron chi connectivity index (χ4n) is 2.10. The Morgan fingerprint density at radius 3 is 2.50 bits per heavy atom. The van der Waals surface area contributed by atoms with Gasteiger partial charge in [0.2, 0.25) is 6.79 Å². The van der Waals surface area contributed by atoms with Gasteiger partial charge in [-0.2, -0.15) is 0 Å². The molecule has 3 nitrogen and oxygen atoms in total. The lowest BCUT2D eigenvalue weighted by molar-refractivity contribution is 0.174. The van der Waals surface area contributed by atoms with Gasteiger partial charge in [0, 0.05) is 22.6 Å².